The van der Waals surface area contributed by atoms with Crippen molar-refractivity contribution in [2.75, 3.05) is 18.8 Å². The van der Waals surface area contributed by atoms with Crippen LogP contribution in [0.3, 0.4) is 0 Å². The van der Waals surface area contributed by atoms with E-state index < -0.39 is 0 Å². The number of hydrogen-bond donors (Lipinski definition) is 2. The zero-order chi connectivity index (χ0) is 19.9. The molecule has 0 saturated carbocycles. The average molecular weight is 381 g/mol. The van der Waals surface area contributed by atoms with Crippen LogP contribution in [0.4, 0.5) is 5.82 Å². The maximum absolute atomic E-state index is 6.18. The zero-order valence-electron chi connectivity index (χ0n) is 16.1. The Labute approximate surface area is 171 Å². The van der Waals surface area contributed by atoms with Crippen molar-refractivity contribution in [3.05, 3.63) is 95.2 Å². The molecule has 4 nitrogen and oxygen atoms in total. The summed E-state index contributed by atoms with van der Waals surface area (Å²) < 4.78 is 6.18. The average Bonchev–Trinajstić information content (AvgIpc) is 2.72. The Morgan fingerprint density at radius 1 is 1.07 bits per heavy atom. The van der Waals surface area contributed by atoms with Crippen LogP contribution in [0.1, 0.15) is 22.3 Å². The van der Waals surface area contributed by atoms with Gasteiger partial charge in [-0.25, -0.2) is 4.98 Å². The van der Waals surface area contributed by atoms with Crippen LogP contribution in [-0.4, -0.2) is 24.2 Å². The van der Waals surface area contributed by atoms with Crippen molar-refractivity contribution in [1.82, 2.24) is 10.3 Å². The number of nitrogens with two attached hydrogens (primary N) is 1. The lowest BCUT2D eigenvalue weighted by molar-refractivity contribution is 0.142. The fraction of sp³-hybridized carbons (Fsp3) is 0.160. The quantitative estimate of drug-likeness (QED) is 0.662. The minimum atomic E-state index is 0.202. The number of nitrogen functional groups attached to an aromatic ring is 1. The van der Waals surface area contributed by atoms with Gasteiger partial charge in [-0.1, -0.05) is 48.3 Å². The summed E-state index contributed by atoms with van der Waals surface area (Å²) in [5.41, 5.74) is 9.89. The summed E-state index contributed by atoms with van der Waals surface area (Å²) in [5.74, 6) is 7.86. The van der Waals surface area contributed by atoms with Crippen LogP contribution >= 0.6 is 0 Å². The van der Waals surface area contributed by atoms with Gasteiger partial charge in [0.25, 0.3) is 0 Å². The molecule has 0 radical (unpaired) electrons. The first-order valence-electron chi connectivity index (χ1n) is 9.72. The van der Waals surface area contributed by atoms with Crippen molar-refractivity contribution in [3.63, 3.8) is 0 Å². The minimum absolute atomic E-state index is 0.202. The van der Waals surface area contributed by atoms with Crippen LogP contribution in [0.5, 0.6) is 5.75 Å². The number of benzene rings is 2. The van der Waals surface area contributed by atoms with Gasteiger partial charge in [-0.05, 0) is 48.4 Å². The summed E-state index contributed by atoms with van der Waals surface area (Å²) in [6.45, 7) is 1.74. The molecule has 29 heavy (non-hydrogen) atoms. The number of aromatic nitrogens is 1. The normalized spacial score (nSPS) is 13.5. The fourth-order valence-corrected chi connectivity index (χ4v) is 2.97. The molecule has 2 aromatic carbocycles. The molecular formula is C25H23N3O. The van der Waals surface area contributed by atoms with Crippen molar-refractivity contribution in [2.24, 2.45) is 0 Å². The largest absolute Gasteiger partial charge is 0.486 e. The van der Waals surface area contributed by atoms with Gasteiger partial charge >= 0.3 is 0 Å². The molecule has 3 aromatic rings. The number of pyridine rings is 1. The highest BCUT2D eigenvalue weighted by atomic mass is 16.5. The molecule has 1 aromatic heterocycles. The Morgan fingerprint density at radius 2 is 1.93 bits per heavy atom. The maximum atomic E-state index is 6.18. The standard InChI is InChI=1S/C25H23N3O/c26-25-22(10-5-15-28-25)9-4-8-20-12-14-21(13-11-19-6-2-1-3-7-19)24(16-20)29-23-17-27-18-23/h1-7,9-10,12,14-16,23,27H,8,17-18H2,(H2,26,28)/b9-4-. The van der Waals surface area contributed by atoms with E-state index in [0.29, 0.717) is 5.82 Å². The Morgan fingerprint density at radius 3 is 2.69 bits per heavy atom. The highest BCUT2D eigenvalue weighted by Gasteiger charge is 2.19. The first-order chi connectivity index (χ1) is 14.3. The minimum Gasteiger partial charge on any atom is -0.486 e. The van der Waals surface area contributed by atoms with Gasteiger partial charge in [-0.2, -0.15) is 0 Å². The van der Waals surface area contributed by atoms with Crippen LogP contribution in [0.2, 0.25) is 0 Å². The van der Waals surface area contributed by atoms with Crippen LogP contribution in [0.25, 0.3) is 6.08 Å². The topological polar surface area (TPSA) is 60.2 Å². The van der Waals surface area contributed by atoms with Gasteiger partial charge in [-0.15, -0.1) is 0 Å². The maximum Gasteiger partial charge on any atom is 0.135 e. The molecule has 0 bridgehead atoms. The molecule has 0 spiro atoms. The molecule has 144 valence electrons. The van der Waals surface area contributed by atoms with Gasteiger partial charge in [0.05, 0.1) is 5.56 Å². The molecule has 4 rings (SSSR count). The SMILES string of the molecule is Nc1ncccc1/C=C\Cc1ccc(C#Cc2ccccc2)c(OC2CNC2)c1. The first kappa shape index (κ1) is 18.8. The summed E-state index contributed by atoms with van der Waals surface area (Å²) in [7, 11) is 0. The van der Waals surface area contributed by atoms with Gasteiger partial charge in [0, 0.05) is 30.4 Å². The zero-order valence-corrected chi connectivity index (χ0v) is 16.1. The fourth-order valence-electron chi connectivity index (χ4n) is 2.97. The predicted molar refractivity (Wildman–Crippen MR) is 118 cm³/mol. The number of nitrogens with zero attached hydrogens (tertiary/aromatic N) is 1. The number of rotatable bonds is 5. The molecule has 0 atom stereocenters. The molecule has 1 aliphatic rings. The monoisotopic (exact) mass is 381 g/mol. The summed E-state index contributed by atoms with van der Waals surface area (Å²) in [5, 5.41) is 3.24. The van der Waals surface area contributed by atoms with Gasteiger partial charge in [0.2, 0.25) is 0 Å². The second kappa shape index (κ2) is 9.09. The molecular weight excluding hydrogens is 358 g/mol. The molecule has 0 amide bonds. The van der Waals surface area contributed by atoms with Crippen LogP contribution in [0.15, 0.2) is 72.9 Å². The van der Waals surface area contributed by atoms with Crippen molar-refractivity contribution >= 4 is 11.9 Å². The third-order valence-electron chi connectivity index (χ3n) is 4.72. The summed E-state index contributed by atoms with van der Waals surface area (Å²) in [6.07, 6.45) is 6.77. The Balaban J connectivity index is 1.54. The van der Waals surface area contributed by atoms with Gasteiger partial charge < -0.3 is 15.8 Å². The van der Waals surface area contributed by atoms with E-state index in [1.54, 1.807) is 6.20 Å². The second-order valence-corrected chi connectivity index (χ2v) is 6.93. The Kier molecular flexibility index (Phi) is 5.89. The van der Waals surface area contributed by atoms with E-state index in [2.05, 4.69) is 40.4 Å². The predicted octanol–water partition coefficient (Wildman–Crippen LogP) is 3.67. The van der Waals surface area contributed by atoms with Crippen molar-refractivity contribution in [1.29, 1.82) is 0 Å². The summed E-state index contributed by atoms with van der Waals surface area (Å²) in [4.78, 5) is 4.11. The number of allylic oxidation sites excluding steroid dienone is 1. The number of ether oxygens (including phenoxy) is 1. The number of anilines is 1. The highest BCUT2D eigenvalue weighted by molar-refractivity contribution is 5.61. The second-order valence-electron chi connectivity index (χ2n) is 6.93. The summed E-state index contributed by atoms with van der Waals surface area (Å²) in [6, 6.07) is 20.1. The molecule has 1 saturated heterocycles. The molecule has 3 N–H and O–H groups in total. The number of hydrogen-bond acceptors (Lipinski definition) is 4. The van der Waals surface area contributed by atoms with E-state index >= 15 is 0 Å². The smallest absolute Gasteiger partial charge is 0.135 e. The lowest BCUT2D eigenvalue weighted by Gasteiger charge is -2.28. The molecule has 1 fully saturated rings. The van der Waals surface area contributed by atoms with Crippen LogP contribution in [0, 0.1) is 11.8 Å². The van der Waals surface area contributed by atoms with Gasteiger partial charge in [0.1, 0.15) is 17.7 Å². The van der Waals surface area contributed by atoms with E-state index in [1.807, 2.05) is 54.6 Å². The van der Waals surface area contributed by atoms with E-state index in [-0.39, 0.29) is 6.10 Å². The molecule has 0 unspecified atom stereocenters. The lowest BCUT2D eigenvalue weighted by atomic mass is 10.1. The van der Waals surface area contributed by atoms with Crippen molar-refractivity contribution in [3.8, 4) is 17.6 Å². The molecule has 2 heterocycles. The van der Waals surface area contributed by atoms with Crippen molar-refractivity contribution < 1.29 is 4.74 Å². The van der Waals surface area contributed by atoms with E-state index in [4.69, 9.17) is 10.5 Å². The third-order valence-corrected chi connectivity index (χ3v) is 4.72. The third kappa shape index (κ3) is 5.04. The first-order valence-corrected chi connectivity index (χ1v) is 9.72. The summed E-state index contributed by atoms with van der Waals surface area (Å²) >= 11 is 0. The van der Waals surface area contributed by atoms with E-state index in [9.17, 15) is 0 Å². The molecule has 1 aliphatic heterocycles. The lowest BCUT2D eigenvalue weighted by Crippen LogP contribution is -2.50. The van der Waals surface area contributed by atoms with Gasteiger partial charge in [0.15, 0.2) is 0 Å². The van der Waals surface area contributed by atoms with E-state index in [0.717, 1.165) is 47.5 Å². The van der Waals surface area contributed by atoms with E-state index in [1.165, 1.54) is 0 Å². The Bertz CT molecular complexity index is 1060. The van der Waals surface area contributed by atoms with Gasteiger partial charge in [-0.3, -0.25) is 0 Å². The number of nitrogens with one attached hydrogen (secondary N) is 1. The molecule has 0 aliphatic carbocycles. The van der Waals surface area contributed by atoms with Crippen LogP contribution < -0.4 is 15.8 Å². The highest BCUT2D eigenvalue weighted by Crippen LogP contribution is 2.23. The Hall–Kier alpha value is -3.55. The molecule has 4 heteroatoms. The van der Waals surface area contributed by atoms with Crippen molar-refractivity contribution in [2.45, 2.75) is 12.5 Å². The van der Waals surface area contributed by atoms with Crippen LogP contribution in [-0.2, 0) is 6.42 Å².